The number of aryl methyl sites for hydroxylation is 1. The number of aromatic nitrogens is 2. The number of amides is 1. The maximum atomic E-state index is 13.0. The van der Waals surface area contributed by atoms with Crippen molar-refractivity contribution in [2.75, 3.05) is 11.9 Å². The van der Waals surface area contributed by atoms with Gasteiger partial charge >= 0.3 is 0 Å². The molecular weight excluding hydrogens is 352 g/mol. The van der Waals surface area contributed by atoms with E-state index in [0.29, 0.717) is 12.1 Å². The summed E-state index contributed by atoms with van der Waals surface area (Å²) in [5, 5.41) is 3.45. The summed E-state index contributed by atoms with van der Waals surface area (Å²) in [5.74, 6) is -0.151. The molecule has 6 heteroatoms. The van der Waals surface area contributed by atoms with Gasteiger partial charge in [-0.25, -0.2) is 0 Å². The Kier molecular flexibility index (Phi) is 4.47. The molecule has 28 heavy (non-hydrogen) atoms. The zero-order chi connectivity index (χ0) is 19.8. The van der Waals surface area contributed by atoms with Crippen molar-refractivity contribution in [3.8, 4) is 11.3 Å². The quantitative estimate of drug-likeness (QED) is 0.759. The number of benzene rings is 1. The van der Waals surface area contributed by atoms with Gasteiger partial charge in [0.1, 0.15) is 0 Å². The lowest BCUT2D eigenvalue weighted by Gasteiger charge is -2.26. The Morgan fingerprint density at radius 3 is 2.57 bits per heavy atom. The second-order valence-electron chi connectivity index (χ2n) is 7.08. The van der Waals surface area contributed by atoms with E-state index in [9.17, 15) is 9.59 Å². The van der Waals surface area contributed by atoms with Crippen LogP contribution in [0.15, 0.2) is 48.7 Å². The molecule has 1 amide bonds. The Balaban J connectivity index is 1.93. The average molecular weight is 374 g/mol. The van der Waals surface area contributed by atoms with Crippen LogP contribution in [0.3, 0.4) is 0 Å². The molecule has 0 atom stereocenters. The second kappa shape index (κ2) is 6.96. The van der Waals surface area contributed by atoms with Gasteiger partial charge in [0.05, 0.1) is 35.7 Å². The number of rotatable bonds is 3. The van der Waals surface area contributed by atoms with E-state index in [2.05, 4.69) is 10.3 Å². The third kappa shape index (κ3) is 3.07. The molecule has 0 bridgehead atoms. The van der Waals surface area contributed by atoms with Gasteiger partial charge in [-0.15, -0.1) is 0 Å². The van der Waals surface area contributed by atoms with Gasteiger partial charge in [-0.2, -0.15) is 0 Å². The van der Waals surface area contributed by atoms with Crippen molar-refractivity contribution in [3.05, 3.63) is 65.6 Å². The molecule has 0 saturated carbocycles. The van der Waals surface area contributed by atoms with Crippen molar-refractivity contribution in [1.82, 2.24) is 14.5 Å². The molecule has 142 valence electrons. The Bertz CT molecular complexity index is 1070. The van der Waals surface area contributed by atoms with Crippen LogP contribution in [0, 0.1) is 6.92 Å². The fraction of sp³-hybridized carbons (Fsp3) is 0.227. The SMILES string of the molecule is CC(=O)N1CC(=O)c2c(Nc3ccccc3)c(-c3ccnc(C)c3)n(C)c2C1. The molecular formula is C22H22N4O2. The summed E-state index contributed by atoms with van der Waals surface area (Å²) in [7, 11) is 1.94. The second-order valence-corrected chi connectivity index (χ2v) is 7.08. The van der Waals surface area contributed by atoms with Gasteiger partial charge in [-0.1, -0.05) is 18.2 Å². The van der Waals surface area contributed by atoms with E-state index in [1.54, 1.807) is 11.1 Å². The molecule has 0 aliphatic carbocycles. The number of para-hydroxylation sites is 1. The van der Waals surface area contributed by atoms with Gasteiger partial charge in [0, 0.05) is 37.1 Å². The zero-order valence-corrected chi connectivity index (χ0v) is 16.2. The Morgan fingerprint density at radius 2 is 1.89 bits per heavy atom. The van der Waals surface area contributed by atoms with Crippen LogP contribution in [-0.2, 0) is 18.4 Å². The molecule has 4 rings (SSSR count). The Morgan fingerprint density at radius 1 is 1.14 bits per heavy atom. The maximum absolute atomic E-state index is 13.0. The van der Waals surface area contributed by atoms with Crippen molar-refractivity contribution < 1.29 is 9.59 Å². The van der Waals surface area contributed by atoms with Crippen molar-refractivity contribution in [3.63, 3.8) is 0 Å². The summed E-state index contributed by atoms with van der Waals surface area (Å²) in [4.78, 5) is 30.8. The van der Waals surface area contributed by atoms with E-state index in [4.69, 9.17) is 0 Å². The third-order valence-electron chi connectivity index (χ3n) is 5.13. The lowest BCUT2D eigenvalue weighted by molar-refractivity contribution is -0.129. The van der Waals surface area contributed by atoms with Crippen LogP contribution in [0.25, 0.3) is 11.3 Å². The number of hydrogen-bond acceptors (Lipinski definition) is 4. The summed E-state index contributed by atoms with van der Waals surface area (Å²) < 4.78 is 2.02. The molecule has 6 nitrogen and oxygen atoms in total. The highest BCUT2D eigenvalue weighted by Gasteiger charge is 2.33. The molecule has 1 N–H and O–H groups in total. The fourth-order valence-corrected chi connectivity index (χ4v) is 3.75. The normalized spacial score (nSPS) is 13.4. The minimum atomic E-state index is -0.0981. The van der Waals surface area contributed by atoms with Crippen LogP contribution in [0.2, 0.25) is 0 Å². The minimum absolute atomic E-state index is 0.0532. The molecule has 2 aromatic heterocycles. The number of ketones is 1. The van der Waals surface area contributed by atoms with Gasteiger partial charge in [0.2, 0.25) is 5.91 Å². The smallest absolute Gasteiger partial charge is 0.220 e. The number of carbonyl (C=O) groups excluding carboxylic acids is 2. The van der Waals surface area contributed by atoms with Crippen LogP contribution in [0.1, 0.15) is 28.7 Å². The number of fused-ring (bicyclic) bond motifs is 1. The molecule has 0 spiro atoms. The van der Waals surface area contributed by atoms with Crippen LogP contribution < -0.4 is 5.32 Å². The first-order valence-electron chi connectivity index (χ1n) is 9.21. The summed E-state index contributed by atoms with van der Waals surface area (Å²) >= 11 is 0. The lowest BCUT2D eigenvalue weighted by atomic mass is 10.0. The van der Waals surface area contributed by atoms with Gasteiger partial charge in [0.15, 0.2) is 5.78 Å². The highest BCUT2D eigenvalue weighted by atomic mass is 16.2. The number of pyridine rings is 1. The van der Waals surface area contributed by atoms with Crippen molar-refractivity contribution in [2.24, 2.45) is 7.05 Å². The monoisotopic (exact) mass is 374 g/mol. The maximum Gasteiger partial charge on any atom is 0.220 e. The summed E-state index contributed by atoms with van der Waals surface area (Å²) in [6.07, 6.45) is 1.77. The Labute approximate surface area is 163 Å². The van der Waals surface area contributed by atoms with E-state index < -0.39 is 0 Å². The largest absolute Gasteiger partial charge is 0.353 e. The number of anilines is 2. The summed E-state index contributed by atoms with van der Waals surface area (Å²) in [5.41, 5.74) is 5.98. The molecule has 3 heterocycles. The fourth-order valence-electron chi connectivity index (χ4n) is 3.75. The minimum Gasteiger partial charge on any atom is -0.353 e. The third-order valence-corrected chi connectivity index (χ3v) is 5.13. The van der Waals surface area contributed by atoms with E-state index in [-0.39, 0.29) is 18.2 Å². The molecule has 0 saturated heterocycles. The van der Waals surface area contributed by atoms with E-state index in [1.165, 1.54) is 6.92 Å². The topological polar surface area (TPSA) is 67.2 Å². The van der Waals surface area contributed by atoms with E-state index in [0.717, 1.165) is 34.0 Å². The van der Waals surface area contributed by atoms with Crippen LogP contribution >= 0.6 is 0 Å². The van der Waals surface area contributed by atoms with Gasteiger partial charge < -0.3 is 14.8 Å². The van der Waals surface area contributed by atoms with E-state index >= 15 is 0 Å². The highest BCUT2D eigenvalue weighted by molar-refractivity contribution is 6.09. The standard InChI is InChI=1S/C22H22N4O2/c1-14-11-16(9-10-23-14)22-21(24-17-7-5-4-6-8-17)20-18(25(22)3)12-26(15(2)27)13-19(20)28/h4-11,24H,12-13H2,1-3H3. The average Bonchev–Trinajstić information content (AvgIpc) is 2.95. The van der Waals surface area contributed by atoms with E-state index in [1.807, 2.05) is 61.0 Å². The number of hydrogen-bond donors (Lipinski definition) is 1. The van der Waals surface area contributed by atoms with Gasteiger partial charge in [-0.05, 0) is 31.2 Å². The van der Waals surface area contributed by atoms with Crippen LogP contribution in [-0.4, -0.2) is 32.7 Å². The molecule has 1 aromatic carbocycles. The highest BCUT2D eigenvalue weighted by Crippen LogP contribution is 2.40. The predicted molar refractivity (Wildman–Crippen MR) is 109 cm³/mol. The molecule has 0 radical (unpaired) electrons. The zero-order valence-electron chi connectivity index (χ0n) is 16.2. The van der Waals surface area contributed by atoms with Crippen LogP contribution in [0.5, 0.6) is 0 Å². The lowest BCUT2D eigenvalue weighted by Crippen LogP contribution is -2.38. The first-order valence-corrected chi connectivity index (χ1v) is 9.21. The van der Waals surface area contributed by atoms with Gasteiger partial charge in [0.25, 0.3) is 0 Å². The van der Waals surface area contributed by atoms with Gasteiger partial charge in [-0.3, -0.25) is 14.6 Å². The molecule has 3 aromatic rings. The first kappa shape index (κ1) is 18.0. The molecule has 1 aliphatic heterocycles. The molecule has 0 fully saturated rings. The first-order chi connectivity index (χ1) is 13.5. The summed E-state index contributed by atoms with van der Waals surface area (Å²) in [6, 6.07) is 13.7. The van der Waals surface area contributed by atoms with Crippen molar-refractivity contribution >= 4 is 23.1 Å². The molecule has 0 unspecified atom stereocenters. The number of carbonyl (C=O) groups is 2. The number of nitrogens with one attached hydrogen (secondary N) is 1. The Hall–Kier alpha value is -3.41. The van der Waals surface area contributed by atoms with Crippen molar-refractivity contribution in [1.29, 1.82) is 0 Å². The molecule has 1 aliphatic rings. The number of Topliss-reactive ketones (excluding diaryl/α,β-unsaturated/α-hetero) is 1. The van der Waals surface area contributed by atoms with Crippen molar-refractivity contribution in [2.45, 2.75) is 20.4 Å². The number of nitrogens with zero attached hydrogens (tertiary/aromatic N) is 3. The summed E-state index contributed by atoms with van der Waals surface area (Å²) in [6.45, 7) is 3.96. The van der Waals surface area contributed by atoms with Crippen LogP contribution in [0.4, 0.5) is 11.4 Å². The predicted octanol–water partition coefficient (Wildman–Crippen LogP) is 3.68.